The summed E-state index contributed by atoms with van der Waals surface area (Å²) >= 11 is 0. The highest BCUT2D eigenvalue weighted by molar-refractivity contribution is 7.89. The smallest absolute Gasteiger partial charge is 0.243 e. The predicted molar refractivity (Wildman–Crippen MR) is 83.1 cm³/mol. The van der Waals surface area contributed by atoms with E-state index in [0.717, 1.165) is 36.9 Å². The van der Waals surface area contributed by atoms with Gasteiger partial charge < -0.3 is 5.32 Å². The van der Waals surface area contributed by atoms with Crippen molar-refractivity contribution in [2.45, 2.75) is 43.4 Å². The van der Waals surface area contributed by atoms with E-state index >= 15 is 0 Å². The maximum absolute atomic E-state index is 12.9. The molecule has 3 aliphatic rings. The standard InChI is InChI=1S/C16H20N2O3S/c19-15-5-2-12-10-13(3-4-14(12)17-15)22(20,21)18-9-1-6-16(11-18)7-8-16/h3-4,10H,1-2,5-9,11H2,(H,17,19). The van der Waals surface area contributed by atoms with Crippen molar-refractivity contribution < 1.29 is 13.2 Å². The number of nitrogens with one attached hydrogen (secondary N) is 1. The van der Waals surface area contributed by atoms with Gasteiger partial charge in [0.1, 0.15) is 0 Å². The first kappa shape index (κ1) is 14.2. The van der Waals surface area contributed by atoms with Gasteiger partial charge in [0.25, 0.3) is 0 Å². The molecule has 1 aromatic rings. The molecule has 0 bridgehead atoms. The number of fused-ring (bicyclic) bond motifs is 1. The zero-order valence-corrected chi connectivity index (χ0v) is 13.3. The van der Waals surface area contributed by atoms with E-state index in [-0.39, 0.29) is 11.3 Å². The fourth-order valence-electron chi connectivity index (χ4n) is 3.62. The number of piperidine rings is 1. The van der Waals surface area contributed by atoms with E-state index in [1.165, 1.54) is 0 Å². The van der Waals surface area contributed by atoms with Crippen LogP contribution in [-0.2, 0) is 21.2 Å². The highest BCUT2D eigenvalue weighted by Crippen LogP contribution is 2.52. The fourth-order valence-corrected chi connectivity index (χ4v) is 5.26. The Hall–Kier alpha value is -1.40. The Bertz CT molecular complexity index is 738. The third-order valence-electron chi connectivity index (χ3n) is 5.19. The fraction of sp³-hybridized carbons (Fsp3) is 0.562. The van der Waals surface area contributed by atoms with Crippen LogP contribution >= 0.6 is 0 Å². The van der Waals surface area contributed by atoms with Crippen molar-refractivity contribution in [3.8, 4) is 0 Å². The molecule has 0 radical (unpaired) electrons. The first-order chi connectivity index (χ1) is 10.5. The second kappa shape index (κ2) is 4.80. The van der Waals surface area contributed by atoms with Crippen LogP contribution in [-0.4, -0.2) is 31.7 Å². The molecule has 1 N–H and O–H groups in total. The van der Waals surface area contributed by atoms with Crippen LogP contribution in [0.2, 0.25) is 0 Å². The number of benzene rings is 1. The van der Waals surface area contributed by atoms with E-state index in [1.807, 2.05) is 0 Å². The average Bonchev–Trinajstić information content (AvgIpc) is 3.25. The molecule has 2 fully saturated rings. The lowest BCUT2D eigenvalue weighted by molar-refractivity contribution is -0.116. The second-order valence-corrected chi connectivity index (χ2v) is 8.75. The van der Waals surface area contributed by atoms with E-state index < -0.39 is 10.0 Å². The first-order valence-corrected chi connectivity index (χ1v) is 9.36. The number of anilines is 1. The summed E-state index contributed by atoms with van der Waals surface area (Å²) < 4.78 is 27.4. The van der Waals surface area contributed by atoms with Gasteiger partial charge >= 0.3 is 0 Å². The van der Waals surface area contributed by atoms with Gasteiger partial charge in [-0.15, -0.1) is 0 Å². The van der Waals surface area contributed by atoms with Crippen LogP contribution in [0.5, 0.6) is 0 Å². The van der Waals surface area contributed by atoms with Gasteiger partial charge in [-0.2, -0.15) is 4.31 Å². The number of carbonyl (C=O) groups excluding carboxylic acids is 1. The van der Waals surface area contributed by atoms with Gasteiger partial charge in [0, 0.05) is 25.2 Å². The number of aryl methyl sites for hydroxylation is 1. The molecule has 1 aromatic carbocycles. The Labute approximate surface area is 130 Å². The molecule has 4 rings (SSSR count). The normalized spacial score (nSPS) is 23.9. The minimum absolute atomic E-state index is 0.00480. The van der Waals surface area contributed by atoms with Crippen molar-refractivity contribution in [3.05, 3.63) is 23.8 Å². The molecule has 6 heteroatoms. The largest absolute Gasteiger partial charge is 0.326 e. The molecule has 2 heterocycles. The van der Waals surface area contributed by atoms with Crippen LogP contribution in [0.1, 0.15) is 37.7 Å². The highest BCUT2D eigenvalue weighted by atomic mass is 32.2. The van der Waals surface area contributed by atoms with Crippen LogP contribution in [0.25, 0.3) is 0 Å². The van der Waals surface area contributed by atoms with Crippen LogP contribution in [0, 0.1) is 5.41 Å². The summed E-state index contributed by atoms with van der Waals surface area (Å²) in [4.78, 5) is 11.8. The summed E-state index contributed by atoms with van der Waals surface area (Å²) in [6, 6.07) is 5.07. The van der Waals surface area contributed by atoms with E-state index in [1.54, 1.807) is 22.5 Å². The highest BCUT2D eigenvalue weighted by Gasteiger charge is 2.48. The zero-order chi connectivity index (χ0) is 15.4. The van der Waals surface area contributed by atoms with Crippen molar-refractivity contribution in [1.29, 1.82) is 0 Å². The molecule has 22 heavy (non-hydrogen) atoms. The first-order valence-electron chi connectivity index (χ1n) is 7.92. The van der Waals surface area contributed by atoms with Crippen molar-refractivity contribution in [1.82, 2.24) is 4.31 Å². The van der Waals surface area contributed by atoms with Gasteiger partial charge in [0.15, 0.2) is 0 Å². The van der Waals surface area contributed by atoms with Crippen molar-refractivity contribution in [2.24, 2.45) is 5.41 Å². The van der Waals surface area contributed by atoms with Crippen LogP contribution in [0.15, 0.2) is 23.1 Å². The molecule has 1 amide bonds. The molecule has 1 saturated carbocycles. The Balaban J connectivity index is 1.64. The Morgan fingerprint density at radius 1 is 1.14 bits per heavy atom. The summed E-state index contributed by atoms with van der Waals surface area (Å²) in [5, 5.41) is 2.79. The predicted octanol–water partition coefficient (Wildman–Crippen LogP) is 2.14. The maximum atomic E-state index is 12.9. The Kier molecular flexibility index (Phi) is 3.10. The number of amides is 1. The molecule has 0 atom stereocenters. The summed E-state index contributed by atoms with van der Waals surface area (Å²) in [5.41, 5.74) is 1.93. The van der Waals surface area contributed by atoms with E-state index in [0.29, 0.717) is 30.8 Å². The lowest BCUT2D eigenvalue weighted by Crippen LogP contribution is -2.40. The molecule has 5 nitrogen and oxygen atoms in total. The monoisotopic (exact) mass is 320 g/mol. The van der Waals surface area contributed by atoms with Gasteiger partial charge in [0.05, 0.1) is 4.90 Å². The quantitative estimate of drug-likeness (QED) is 0.908. The van der Waals surface area contributed by atoms with Gasteiger partial charge in [-0.3, -0.25) is 4.79 Å². The zero-order valence-electron chi connectivity index (χ0n) is 12.5. The number of hydrogen-bond acceptors (Lipinski definition) is 3. The number of nitrogens with zero attached hydrogens (tertiary/aromatic N) is 1. The molecule has 1 spiro atoms. The third kappa shape index (κ3) is 2.34. The van der Waals surface area contributed by atoms with Crippen LogP contribution < -0.4 is 5.32 Å². The molecule has 0 unspecified atom stereocenters. The summed E-state index contributed by atoms with van der Waals surface area (Å²) in [7, 11) is -3.42. The summed E-state index contributed by atoms with van der Waals surface area (Å²) in [6.07, 6.45) is 5.47. The Morgan fingerprint density at radius 2 is 1.95 bits per heavy atom. The molecular formula is C16H20N2O3S. The molecule has 2 aliphatic heterocycles. The van der Waals surface area contributed by atoms with Gasteiger partial charge in [0.2, 0.25) is 15.9 Å². The molecule has 1 aliphatic carbocycles. The number of rotatable bonds is 2. The summed E-state index contributed by atoms with van der Waals surface area (Å²) in [6.45, 7) is 1.29. The second-order valence-electron chi connectivity index (χ2n) is 6.81. The van der Waals surface area contributed by atoms with E-state index in [9.17, 15) is 13.2 Å². The lowest BCUT2D eigenvalue weighted by atomic mass is 9.97. The van der Waals surface area contributed by atoms with E-state index in [2.05, 4.69) is 5.32 Å². The number of sulfonamides is 1. The number of hydrogen-bond donors (Lipinski definition) is 1. The van der Waals surface area contributed by atoms with E-state index in [4.69, 9.17) is 0 Å². The lowest BCUT2D eigenvalue weighted by Gasteiger charge is -2.32. The average molecular weight is 320 g/mol. The van der Waals surface area contributed by atoms with Gasteiger partial charge in [-0.1, -0.05) is 0 Å². The maximum Gasteiger partial charge on any atom is 0.243 e. The van der Waals surface area contributed by atoms with Crippen LogP contribution in [0.4, 0.5) is 5.69 Å². The van der Waals surface area contributed by atoms with Crippen LogP contribution in [0.3, 0.4) is 0 Å². The minimum atomic E-state index is -3.42. The topological polar surface area (TPSA) is 66.5 Å². The third-order valence-corrected chi connectivity index (χ3v) is 7.03. The van der Waals surface area contributed by atoms with Gasteiger partial charge in [-0.05, 0) is 61.3 Å². The number of carbonyl (C=O) groups is 1. The molecule has 0 aromatic heterocycles. The SMILES string of the molecule is O=C1CCc2cc(S(=O)(=O)N3CCCC4(CC4)C3)ccc2N1. The Morgan fingerprint density at radius 3 is 2.73 bits per heavy atom. The molecule has 118 valence electrons. The molecule has 1 saturated heterocycles. The van der Waals surface area contributed by atoms with Gasteiger partial charge in [-0.25, -0.2) is 8.42 Å². The molecular weight excluding hydrogens is 300 g/mol. The van der Waals surface area contributed by atoms with Crippen molar-refractivity contribution in [2.75, 3.05) is 18.4 Å². The van der Waals surface area contributed by atoms with Crippen molar-refractivity contribution >= 4 is 21.6 Å². The minimum Gasteiger partial charge on any atom is -0.326 e. The van der Waals surface area contributed by atoms with Crippen molar-refractivity contribution in [3.63, 3.8) is 0 Å². The summed E-state index contributed by atoms with van der Waals surface area (Å²) in [5.74, 6) is -0.00480.